The van der Waals surface area contributed by atoms with Crippen LogP contribution >= 0.6 is 0 Å². The number of hydrogen-bond donors (Lipinski definition) is 1. The van der Waals surface area contributed by atoms with Gasteiger partial charge in [-0.25, -0.2) is 0 Å². The van der Waals surface area contributed by atoms with E-state index in [0.29, 0.717) is 5.42 Å². The van der Waals surface area contributed by atoms with Crippen molar-refractivity contribution < 1.29 is 4.42 Å². The van der Waals surface area contributed by atoms with Crippen molar-refractivity contribution in [1.29, 1.82) is 0 Å². The average Bonchev–Trinajstić information content (AvgIpc) is 2.34. The highest BCUT2D eigenvalue weighted by atomic mass is 16.3. The van der Waals surface area contributed by atoms with Crippen molar-refractivity contribution >= 4 is 12.7 Å². The van der Waals surface area contributed by atoms with Crippen molar-refractivity contribution in [1.82, 2.24) is 5.32 Å². The molecular formula is C11H15NO. The number of nitrogens with one attached hydrogen (secondary N) is 1. The number of rotatable bonds is 3. The molecule has 0 aromatic carbocycles. The molecule has 0 saturated carbocycles. The Balaban J connectivity index is 3.31. The second kappa shape index (κ2) is 4.10. The molecule has 13 heavy (non-hydrogen) atoms. The smallest absolute Gasteiger partial charge is 0.127 e. The maximum atomic E-state index is 5.49. The lowest BCUT2D eigenvalue weighted by Crippen LogP contribution is -2.19. The Morgan fingerprint density at radius 1 is 1.54 bits per heavy atom. The molecule has 0 amide bonds. The first-order valence-corrected chi connectivity index (χ1v) is 4.25. The monoisotopic (exact) mass is 177 g/mol. The minimum Gasteiger partial charge on any atom is -0.460 e. The summed E-state index contributed by atoms with van der Waals surface area (Å²) in [4.78, 5) is 0. The first kappa shape index (κ1) is 9.81. The van der Waals surface area contributed by atoms with Gasteiger partial charge >= 0.3 is 0 Å². The second-order valence-electron chi connectivity index (χ2n) is 2.92. The Labute approximate surface area is 78.3 Å². The fourth-order valence-corrected chi connectivity index (χ4v) is 1.30. The van der Waals surface area contributed by atoms with Gasteiger partial charge in [-0.05, 0) is 19.5 Å². The minimum atomic E-state index is 0.711. The highest BCUT2D eigenvalue weighted by Gasteiger charge is 2.03. The van der Waals surface area contributed by atoms with E-state index in [1.54, 1.807) is 6.08 Å². The van der Waals surface area contributed by atoms with Gasteiger partial charge in [0.2, 0.25) is 0 Å². The van der Waals surface area contributed by atoms with Gasteiger partial charge in [-0.1, -0.05) is 25.3 Å². The summed E-state index contributed by atoms with van der Waals surface area (Å²) in [5, 5.41) is 4.09. The molecule has 0 atom stereocenters. The molecule has 0 radical (unpaired) electrons. The summed E-state index contributed by atoms with van der Waals surface area (Å²) in [5.41, 5.74) is 1.85. The number of allylic oxidation sites excluding steroid dienone is 1. The van der Waals surface area contributed by atoms with Crippen LogP contribution in [0.25, 0.3) is 12.7 Å². The fraction of sp³-hybridized carbons (Fsp3) is 0.273. The van der Waals surface area contributed by atoms with Crippen molar-refractivity contribution in [2.24, 2.45) is 0 Å². The molecule has 1 rings (SSSR count). The first-order chi connectivity index (χ1) is 6.20. The quantitative estimate of drug-likeness (QED) is 0.734. The van der Waals surface area contributed by atoms with Gasteiger partial charge in [0, 0.05) is 5.22 Å². The van der Waals surface area contributed by atoms with Crippen molar-refractivity contribution in [2.75, 3.05) is 7.05 Å². The molecule has 1 aromatic rings. The van der Waals surface area contributed by atoms with E-state index < -0.39 is 0 Å². The van der Waals surface area contributed by atoms with Crippen LogP contribution in [0.1, 0.15) is 11.3 Å². The number of furan rings is 1. The van der Waals surface area contributed by atoms with E-state index in [-0.39, 0.29) is 0 Å². The van der Waals surface area contributed by atoms with Crippen molar-refractivity contribution in [3.05, 3.63) is 34.6 Å². The third-order valence-corrected chi connectivity index (χ3v) is 1.99. The summed E-state index contributed by atoms with van der Waals surface area (Å²) in [7, 11) is 1.89. The first-order valence-electron chi connectivity index (χ1n) is 4.25. The van der Waals surface area contributed by atoms with Crippen LogP contribution in [0.2, 0.25) is 0 Å². The van der Waals surface area contributed by atoms with E-state index in [1.807, 2.05) is 20.0 Å². The zero-order chi connectivity index (χ0) is 9.84. The largest absolute Gasteiger partial charge is 0.460 e. The maximum Gasteiger partial charge on any atom is 0.127 e. The summed E-state index contributed by atoms with van der Waals surface area (Å²) in [6.45, 7) is 10.2. The van der Waals surface area contributed by atoms with Crippen LogP contribution in [0, 0.1) is 6.92 Å². The molecule has 2 nitrogen and oxygen atoms in total. The van der Waals surface area contributed by atoms with Crippen LogP contribution in [-0.2, 0) is 6.54 Å². The lowest BCUT2D eigenvalue weighted by Gasteiger charge is -1.94. The molecule has 1 N–H and O–H groups in total. The normalized spacial score (nSPS) is 12.0. The molecule has 0 bridgehead atoms. The molecular weight excluding hydrogens is 162 g/mol. The topological polar surface area (TPSA) is 25.2 Å². The second-order valence-corrected chi connectivity index (χ2v) is 2.92. The third kappa shape index (κ3) is 1.90. The minimum absolute atomic E-state index is 0.711. The van der Waals surface area contributed by atoms with Crippen LogP contribution < -0.4 is 16.0 Å². The number of hydrogen-bond acceptors (Lipinski definition) is 2. The molecule has 0 aliphatic carbocycles. The Kier molecular flexibility index (Phi) is 3.09. The predicted octanol–water partition coefficient (Wildman–Crippen LogP) is 0.684. The molecule has 0 fully saturated rings. The SMILES string of the molecule is C=C/C=c1/c(C)c(CNC)oc1=C. The highest BCUT2D eigenvalue weighted by molar-refractivity contribution is 5.39. The van der Waals surface area contributed by atoms with Gasteiger partial charge in [0.25, 0.3) is 0 Å². The van der Waals surface area contributed by atoms with Crippen molar-refractivity contribution in [3.8, 4) is 0 Å². The molecule has 70 valence electrons. The summed E-state index contributed by atoms with van der Waals surface area (Å²) < 4.78 is 5.49. The fourth-order valence-electron chi connectivity index (χ4n) is 1.30. The Morgan fingerprint density at radius 2 is 2.23 bits per heavy atom. The van der Waals surface area contributed by atoms with Crippen molar-refractivity contribution in [2.45, 2.75) is 13.5 Å². The maximum absolute atomic E-state index is 5.49. The van der Waals surface area contributed by atoms with E-state index in [9.17, 15) is 0 Å². The molecule has 1 aromatic heterocycles. The molecule has 0 saturated heterocycles. The van der Waals surface area contributed by atoms with E-state index in [4.69, 9.17) is 4.42 Å². The molecule has 0 unspecified atom stereocenters. The van der Waals surface area contributed by atoms with E-state index in [2.05, 4.69) is 18.5 Å². The lowest BCUT2D eigenvalue weighted by atomic mass is 10.2. The Hall–Kier alpha value is -1.28. The van der Waals surface area contributed by atoms with Crippen LogP contribution in [0.3, 0.4) is 0 Å². The summed E-state index contributed by atoms with van der Waals surface area (Å²) in [5.74, 6) is 0.945. The van der Waals surface area contributed by atoms with Crippen LogP contribution in [0.15, 0.2) is 17.1 Å². The van der Waals surface area contributed by atoms with Gasteiger partial charge in [-0.2, -0.15) is 0 Å². The van der Waals surface area contributed by atoms with Gasteiger partial charge in [0.05, 0.1) is 6.54 Å². The Bertz CT molecular complexity index is 400. The summed E-state index contributed by atoms with van der Waals surface area (Å²) in [6.07, 6.45) is 3.66. The standard InChI is InChI=1S/C11H15NO/c1-5-6-10-8(2)11(7-12-4)13-9(10)3/h5-6,12H,1,3,7H2,2,4H3/b10-6-. The van der Waals surface area contributed by atoms with Gasteiger partial charge in [-0.15, -0.1) is 0 Å². The summed E-state index contributed by atoms with van der Waals surface area (Å²) >= 11 is 0. The zero-order valence-electron chi connectivity index (χ0n) is 8.18. The molecule has 0 aliphatic rings. The van der Waals surface area contributed by atoms with E-state index in [0.717, 1.165) is 23.1 Å². The third-order valence-electron chi connectivity index (χ3n) is 1.99. The van der Waals surface area contributed by atoms with Gasteiger partial charge in [-0.3, -0.25) is 0 Å². The van der Waals surface area contributed by atoms with Crippen LogP contribution in [0.5, 0.6) is 0 Å². The van der Waals surface area contributed by atoms with E-state index >= 15 is 0 Å². The predicted molar refractivity (Wildman–Crippen MR) is 55.6 cm³/mol. The van der Waals surface area contributed by atoms with Crippen LogP contribution in [0.4, 0.5) is 0 Å². The van der Waals surface area contributed by atoms with Crippen LogP contribution in [-0.4, -0.2) is 7.05 Å². The van der Waals surface area contributed by atoms with Crippen molar-refractivity contribution in [3.63, 3.8) is 0 Å². The molecule has 1 heterocycles. The Morgan fingerprint density at radius 3 is 2.77 bits per heavy atom. The molecule has 2 heteroatoms. The summed E-state index contributed by atoms with van der Waals surface area (Å²) in [6, 6.07) is 0. The zero-order valence-corrected chi connectivity index (χ0v) is 8.18. The molecule has 0 spiro atoms. The van der Waals surface area contributed by atoms with Gasteiger partial charge in [0.15, 0.2) is 0 Å². The van der Waals surface area contributed by atoms with Gasteiger partial charge < -0.3 is 9.73 Å². The van der Waals surface area contributed by atoms with Gasteiger partial charge in [0.1, 0.15) is 11.2 Å². The lowest BCUT2D eigenvalue weighted by molar-refractivity contribution is 0.467. The molecule has 0 aliphatic heterocycles. The van der Waals surface area contributed by atoms with E-state index in [1.165, 1.54) is 0 Å². The average molecular weight is 177 g/mol. The highest BCUT2D eigenvalue weighted by Crippen LogP contribution is 1.98.